The van der Waals surface area contributed by atoms with Crippen LogP contribution >= 0.6 is 0 Å². The number of rotatable bonds is 2. The molecule has 2 heteroatoms. The quantitative estimate of drug-likeness (QED) is 0.763. The maximum absolute atomic E-state index is 6.31. The average Bonchev–Trinajstić information content (AvgIpc) is 2.57. The molecule has 1 unspecified atom stereocenters. The monoisotopic (exact) mass is 294 g/mol. The van der Waals surface area contributed by atoms with Crippen LogP contribution in [0.25, 0.3) is 0 Å². The van der Waals surface area contributed by atoms with Crippen molar-refractivity contribution in [1.29, 1.82) is 0 Å². The molecular formula is C19H38N2. The molecule has 1 aliphatic carbocycles. The van der Waals surface area contributed by atoms with Crippen LogP contribution in [0.3, 0.4) is 0 Å². The Morgan fingerprint density at radius 1 is 1.00 bits per heavy atom. The zero-order chi connectivity index (χ0) is 15.7. The molecule has 1 atom stereocenters. The Kier molecular flexibility index (Phi) is 5.10. The van der Waals surface area contributed by atoms with Gasteiger partial charge in [-0.3, -0.25) is 4.90 Å². The van der Waals surface area contributed by atoms with E-state index in [-0.39, 0.29) is 0 Å². The van der Waals surface area contributed by atoms with Crippen molar-refractivity contribution in [3.8, 4) is 0 Å². The maximum Gasteiger partial charge on any atom is 0.0331 e. The van der Waals surface area contributed by atoms with Crippen LogP contribution in [0.15, 0.2) is 0 Å². The van der Waals surface area contributed by atoms with Crippen LogP contribution in [-0.2, 0) is 0 Å². The zero-order valence-electron chi connectivity index (χ0n) is 15.2. The van der Waals surface area contributed by atoms with Crippen molar-refractivity contribution in [3.63, 3.8) is 0 Å². The van der Waals surface area contributed by atoms with Gasteiger partial charge in [-0.25, -0.2) is 0 Å². The molecule has 1 saturated carbocycles. The molecule has 0 radical (unpaired) electrons. The summed E-state index contributed by atoms with van der Waals surface area (Å²) in [5.74, 6) is 0.880. The van der Waals surface area contributed by atoms with Crippen LogP contribution in [0.4, 0.5) is 0 Å². The summed E-state index contributed by atoms with van der Waals surface area (Å²) < 4.78 is 0. The molecule has 2 fully saturated rings. The Labute approximate surface area is 132 Å². The molecule has 0 bridgehead atoms. The van der Waals surface area contributed by atoms with Gasteiger partial charge in [0.2, 0.25) is 0 Å². The molecule has 21 heavy (non-hydrogen) atoms. The standard InChI is InChI=1S/C19H38N2/c1-17(2,3)16-7-13-21(14-8-16)19(15-20)10-6-9-18(4,5)11-12-19/h16H,6-15,20H2,1-5H3. The summed E-state index contributed by atoms with van der Waals surface area (Å²) in [5.41, 5.74) is 7.59. The Bertz CT molecular complexity index is 334. The molecule has 2 nitrogen and oxygen atoms in total. The van der Waals surface area contributed by atoms with Gasteiger partial charge in [-0.1, -0.05) is 41.0 Å². The van der Waals surface area contributed by atoms with Crippen molar-refractivity contribution in [1.82, 2.24) is 4.90 Å². The minimum Gasteiger partial charge on any atom is -0.329 e. The molecule has 2 N–H and O–H groups in total. The molecule has 2 aliphatic rings. The molecule has 0 aromatic heterocycles. The third kappa shape index (κ3) is 4.01. The van der Waals surface area contributed by atoms with E-state index in [9.17, 15) is 0 Å². The van der Waals surface area contributed by atoms with Gasteiger partial charge in [0, 0.05) is 12.1 Å². The fraction of sp³-hybridized carbons (Fsp3) is 1.00. The Hall–Kier alpha value is -0.0800. The highest BCUT2D eigenvalue weighted by molar-refractivity contribution is 4.98. The van der Waals surface area contributed by atoms with Crippen LogP contribution in [0.5, 0.6) is 0 Å². The fourth-order valence-electron chi connectivity index (χ4n) is 4.59. The van der Waals surface area contributed by atoms with E-state index in [1.54, 1.807) is 0 Å². The summed E-state index contributed by atoms with van der Waals surface area (Å²) in [6.45, 7) is 15.5. The Morgan fingerprint density at radius 2 is 1.62 bits per heavy atom. The predicted octanol–water partition coefficient (Wildman–Crippen LogP) is 4.43. The minimum atomic E-state index is 0.302. The molecule has 1 saturated heterocycles. The summed E-state index contributed by atoms with van der Waals surface area (Å²) in [6, 6.07) is 0. The highest BCUT2D eigenvalue weighted by atomic mass is 15.2. The van der Waals surface area contributed by atoms with Gasteiger partial charge in [-0.05, 0) is 68.4 Å². The van der Waals surface area contributed by atoms with Crippen LogP contribution in [0.2, 0.25) is 0 Å². The molecule has 0 amide bonds. The smallest absolute Gasteiger partial charge is 0.0331 e. The first-order valence-electron chi connectivity index (χ1n) is 9.14. The maximum atomic E-state index is 6.31. The van der Waals surface area contributed by atoms with Crippen molar-refractivity contribution in [2.75, 3.05) is 19.6 Å². The lowest BCUT2D eigenvalue weighted by Crippen LogP contribution is -2.56. The number of nitrogens with two attached hydrogens (primary N) is 1. The number of piperidine rings is 1. The van der Waals surface area contributed by atoms with Gasteiger partial charge >= 0.3 is 0 Å². The molecule has 1 heterocycles. The summed E-state index contributed by atoms with van der Waals surface area (Å²) in [5, 5.41) is 0. The van der Waals surface area contributed by atoms with E-state index in [2.05, 4.69) is 39.5 Å². The van der Waals surface area contributed by atoms with Gasteiger partial charge in [0.1, 0.15) is 0 Å². The van der Waals surface area contributed by atoms with Crippen LogP contribution < -0.4 is 5.73 Å². The van der Waals surface area contributed by atoms with Gasteiger partial charge in [0.25, 0.3) is 0 Å². The van der Waals surface area contributed by atoms with Crippen molar-refractivity contribution in [2.45, 2.75) is 85.1 Å². The summed E-state index contributed by atoms with van der Waals surface area (Å²) in [6.07, 6.45) is 9.38. The van der Waals surface area contributed by atoms with Crippen molar-refractivity contribution >= 4 is 0 Å². The predicted molar refractivity (Wildman–Crippen MR) is 92.4 cm³/mol. The second-order valence-electron chi connectivity index (χ2n) is 9.57. The second-order valence-corrected chi connectivity index (χ2v) is 9.57. The van der Waals surface area contributed by atoms with E-state index < -0.39 is 0 Å². The zero-order valence-corrected chi connectivity index (χ0v) is 15.2. The summed E-state index contributed by atoms with van der Waals surface area (Å²) in [4.78, 5) is 2.77. The molecule has 0 aromatic carbocycles. The third-order valence-corrected chi connectivity index (χ3v) is 6.53. The highest BCUT2D eigenvalue weighted by Crippen LogP contribution is 2.43. The third-order valence-electron chi connectivity index (χ3n) is 6.53. The average molecular weight is 295 g/mol. The first kappa shape index (κ1) is 17.3. The van der Waals surface area contributed by atoms with E-state index >= 15 is 0 Å². The lowest BCUT2D eigenvalue weighted by Gasteiger charge is -2.48. The number of likely N-dealkylation sites (tertiary alicyclic amines) is 1. The van der Waals surface area contributed by atoms with Gasteiger partial charge in [0.15, 0.2) is 0 Å². The van der Waals surface area contributed by atoms with E-state index in [1.165, 1.54) is 58.0 Å². The topological polar surface area (TPSA) is 29.3 Å². The molecular weight excluding hydrogens is 256 g/mol. The fourth-order valence-corrected chi connectivity index (χ4v) is 4.59. The molecule has 1 aliphatic heterocycles. The van der Waals surface area contributed by atoms with Crippen molar-refractivity contribution < 1.29 is 0 Å². The summed E-state index contributed by atoms with van der Waals surface area (Å²) >= 11 is 0. The summed E-state index contributed by atoms with van der Waals surface area (Å²) in [7, 11) is 0. The number of nitrogens with zero attached hydrogens (tertiary/aromatic N) is 1. The van der Waals surface area contributed by atoms with Gasteiger partial charge < -0.3 is 5.73 Å². The van der Waals surface area contributed by atoms with Crippen LogP contribution in [-0.4, -0.2) is 30.1 Å². The first-order chi connectivity index (χ1) is 9.69. The van der Waals surface area contributed by atoms with E-state index in [4.69, 9.17) is 5.73 Å². The van der Waals surface area contributed by atoms with Crippen molar-refractivity contribution in [3.05, 3.63) is 0 Å². The lowest BCUT2D eigenvalue weighted by molar-refractivity contribution is 0.0190. The lowest BCUT2D eigenvalue weighted by atomic mass is 9.74. The number of hydrogen-bond donors (Lipinski definition) is 1. The SMILES string of the molecule is CC1(C)CCCC(CN)(N2CCC(C(C)(C)C)CC2)CC1. The van der Waals surface area contributed by atoms with Crippen LogP contribution in [0, 0.1) is 16.7 Å². The van der Waals surface area contributed by atoms with Gasteiger partial charge in [0.05, 0.1) is 0 Å². The highest BCUT2D eigenvalue weighted by Gasteiger charge is 2.41. The Morgan fingerprint density at radius 3 is 2.14 bits per heavy atom. The largest absolute Gasteiger partial charge is 0.329 e. The molecule has 0 spiro atoms. The van der Waals surface area contributed by atoms with Crippen LogP contribution in [0.1, 0.15) is 79.6 Å². The first-order valence-corrected chi connectivity index (χ1v) is 9.14. The van der Waals surface area contributed by atoms with E-state index in [1.807, 2.05) is 0 Å². The van der Waals surface area contributed by atoms with E-state index in [0.717, 1.165) is 12.5 Å². The molecule has 0 aromatic rings. The van der Waals surface area contributed by atoms with Crippen molar-refractivity contribution in [2.24, 2.45) is 22.5 Å². The van der Waals surface area contributed by atoms with Gasteiger partial charge in [-0.15, -0.1) is 0 Å². The second kappa shape index (κ2) is 6.20. The van der Waals surface area contributed by atoms with E-state index in [0.29, 0.717) is 16.4 Å². The molecule has 2 rings (SSSR count). The van der Waals surface area contributed by atoms with Gasteiger partial charge in [-0.2, -0.15) is 0 Å². The normalized spacial score (nSPS) is 32.9. The minimum absolute atomic E-state index is 0.302. The Balaban J connectivity index is 2.02. The number of hydrogen-bond acceptors (Lipinski definition) is 2. The molecule has 124 valence electrons.